The minimum Gasteiger partial charge on any atom is -0.508 e. The van der Waals surface area contributed by atoms with Gasteiger partial charge in [-0.1, -0.05) is 42.5 Å². The van der Waals surface area contributed by atoms with Crippen molar-refractivity contribution in [3.05, 3.63) is 114 Å². The molecule has 5 rings (SSSR count). The number of para-hydroxylation sites is 1. The summed E-state index contributed by atoms with van der Waals surface area (Å²) >= 11 is 0. The van der Waals surface area contributed by atoms with Gasteiger partial charge in [-0.05, 0) is 53.4 Å². The number of benzene rings is 3. The van der Waals surface area contributed by atoms with Crippen molar-refractivity contribution in [1.82, 2.24) is 25.6 Å². The quantitative estimate of drug-likeness (QED) is 0.0793. The van der Waals surface area contributed by atoms with Gasteiger partial charge in [0.1, 0.15) is 11.8 Å². The smallest absolute Gasteiger partial charge is 0.326 e. The Bertz CT molecular complexity index is 1890. The van der Waals surface area contributed by atoms with Crippen LogP contribution in [-0.2, 0) is 38.4 Å². The lowest BCUT2D eigenvalue weighted by atomic mass is 10.00. The predicted octanol–water partition coefficient (Wildman–Crippen LogP) is 2.03. The molecule has 0 bridgehead atoms. The molecule has 0 fully saturated rings. The van der Waals surface area contributed by atoms with Gasteiger partial charge in [-0.2, -0.15) is 0 Å². The summed E-state index contributed by atoms with van der Waals surface area (Å²) in [4.78, 5) is 61.4. The van der Waals surface area contributed by atoms with E-state index < -0.39 is 47.9 Å². The van der Waals surface area contributed by atoms with Crippen LogP contribution in [0.5, 0.6) is 5.75 Å². The van der Waals surface area contributed by atoms with Crippen molar-refractivity contribution >= 4 is 40.3 Å². The average Bonchev–Trinajstić information content (AvgIpc) is 3.75. The molecule has 2 aromatic heterocycles. The number of aromatic hydroxyl groups is 1. The Balaban J connectivity index is 1.29. The summed E-state index contributed by atoms with van der Waals surface area (Å²) in [6, 6.07) is 16.2. The number of H-pyrrole nitrogens is 2. The number of carboxylic acids is 1. The zero-order valence-electron chi connectivity index (χ0n) is 26.4. The van der Waals surface area contributed by atoms with Gasteiger partial charge >= 0.3 is 5.97 Å². The molecular formula is C35H38N8O6. The van der Waals surface area contributed by atoms with Gasteiger partial charge < -0.3 is 47.6 Å². The van der Waals surface area contributed by atoms with Crippen molar-refractivity contribution in [2.24, 2.45) is 11.5 Å². The van der Waals surface area contributed by atoms with Crippen molar-refractivity contribution < 1.29 is 29.4 Å². The van der Waals surface area contributed by atoms with E-state index in [1.165, 1.54) is 18.5 Å². The van der Waals surface area contributed by atoms with Crippen LogP contribution in [0.2, 0.25) is 0 Å². The molecule has 0 radical (unpaired) electrons. The first-order chi connectivity index (χ1) is 23.5. The minimum atomic E-state index is -1.26. The standard InChI is InChI=1S/C35H38N8O6/c36-27(14-22-17-39-29-4-2-1-3-26(22)29)34(47)43-30(16-32(45)42-31(35(48)49)13-20-5-11-25(44)12-6-20)21-7-9-23(10-8-21)41-33(46)28(37)15-24-18-38-19-40-24/h1-12,17-19,27-28,30-31,39,44H,13-16,36-37H2,(H,38,40)(H,41,46)(H,42,45)(H,43,47)(H,48,49)/t27-,28-,30?,31-/m0/s1. The predicted molar refractivity (Wildman–Crippen MR) is 182 cm³/mol. The maximum absolute atomic E-state index is 13.4. The number of hydrogen-bond acceptors (Lipinski definition) is 8. The normalized spacial score (nSPS) is 13.6. The molecule has 0 aliphatic rings. The van der Waals surface area contributed by atoms with Crippen molar-refractivity contribution in [3.63, 3.8) is 0 Å². The molecule has 1 unspecified atom stereocenters. The van der Waals surface area contributed by atoms with E-state index in [2.05, 4.69) is 30.9 Å². The molecule has 0 spiro atoms. The Morgan fingerprint density at radius 3 is 2.22 bits per heavy atom. The lowest BCUT2D eigenvalue weighted by Crippen LogP contribution is -2.46. The number of imidazole rings is 1. The van der Waals surface area contributed by atoms with E-state index in [0.717, 1.165) is 16.5 Å². The lowest BCUT2D eigenvalue weighted by Gasteiger charge is -2.23. The van der Waals surface area contributed by atoms with Gasteiger partial charge in [0.2, 0.25) is 17.7 Å². The first-order valence-corrected chi connectivity index (χ1v) is 15.6. The Morgan fingerprint density at radius 2 is 1.53 bits per heavy atom. The Labute approximate surface area is 281 Å². The molecule has 14 heteroatoms. The second-order valence-electron chi connectivity index (χ2n) is 11.8. The number of nitrogens with one attached hydrogen (secondary N) is 5. The summed E-state index contributed by atoms with van der Waals surface area (Å²) in [7, 11) is 0. The highest BCUT2D eigenvalue weighted by atomic mass is 16.4. The summed E-state index contributed by atoms with van der Waals surface area (Å²) in [5.41, 5.74) is 16.4. The van der Waals surface area contributed by atoms with Crippen LogP contribution in [0.25, 0.3) is 10.9 Å². The summed E-state index contributed by atoms with van der Waals surface area (Å²) in [5, 5.41) is 28.5. The first-order valence-electron chi connectivity index (χ1n) is 15.6. The van der Waals surface area contributed by atoms with E-state index >= 15 is 0 Å². The van der Waals surface area contributed by atoms with Crippen LogP contribution in [0, 0.1) is 0 Å². The highest BCUT2D eigenvalue weighted by Crippen LogP contribution is 2.22. The number of carboxylic acid groups (broad SMARTS) is 1. The highest BCUT2D eigenvalue weighted by molar-refractivity contribution is 5.95. The molecule has 2 heterocycles. The van der Waals surface area contributed by atoms with Gasteiger partial charge in [0.05, 0.1) is 30.9 Å². The van der Waals surface area contributed by atoms with E-state index in [9.17, 15) is 29.4 Å². The molecule has 0 aliphatic heterocycles. The number of anilines is 1. The number of hydrogen-bond donors (Lipinski definition) is 9. The summed E-state index contributed by atoms with van der Waals surface area (Å²) in [6.45, 7) is 0. The van der Waals surface area contributed by atoms with Crippen molar-refractivity contribution in [3.8, 4) is 5.75 Å². The number of nitrogens with zero attached hydrogens (tertiary/aromatic N) is 1. The molecule has 4 atom stereocenters. The topological polar surface area (TPSA) is 241 Å². The van der Waals surface area contributed by atoms with Gasteiger partial charge in [-0.25, -0.2) is 9.78 Å². The third kappa shape index (κ3) is 9.31. The number of phenols is 1. The van der Waals surface area contributed by atoms with Crippen molar-refractivity contribution in [1.29, 1.82) is 0 Å². The summed E-state index contributed by atoms with van der Waals surface area (Å²) in [6.07, 6.45) is 5.06. The van der Waals surface area contributed by atoms with E-state index in [4.69, 9.17) is 11.5 Å². The number of carbonyl (C=O) groups excluding carboxylic acids is 3. The molecule has 3 amide bonds. The van der Waals surface area contributed by atoms with Crippen LogP contribution in [0.3, 0.4) is 0 Å². The van der Waals surface area contributed by atoms with Crippen LogP contribution < -0.4 is 27.4 Å². The Kier molecular flexibility index (Phi) is 11.0. The number of rotatable bonds is 15. The molecule has 0 aliphatic carbocycles. The number of carbonyl (C=O) groups is 4. The SMILES string of the molecule is N[C@@H](Cc1cnc[nH]1)C(=O)Nc1ccc(C(CC(=O)N[C@@H](Cc2ccc(O)cc2)C(=O)O)NC(=O)[C@@H](N)Cc2c[nH]c3ccccc23)cc1. The number of nitrogens with two attached hydrogens (primary N) is 2. The maximum Gasteiger partial charge on any atom is 0.326 e. The van der Waals surface area contributed by atoms with Gasteiger partial charge in [0.25, 0.3) is 0 Å². The van der Waals surface area contributed by atoms with E-state index in [-0.39, 0.29) is 31.4 Å². The number of aromatic nitrogens is 3. The second kappa shape index (κ2) is 15.7. The maximum atomic E-state index is 13.4. The zero-order chi connectivity index (χ0) is 34.9. The molecular weight excluding hydrogens is 628 g/mol. The number of fused-ring (bicyclic) bond motifs is 1. The first kappa shape index (κ1) is 34.3. The number of phenolic OH excluding ortho intramolecular Hbond substituents is 1. The van der Waals surface area contributed by atoms with E-state index in [1.54, 1.807) is 48.8 Å². The van der Waals surface area contributed by atoms with Crippen LogP contribution in [0.1, 0.15) is 34.8 Å². The van der Waals surface area contributed by atoms with Crippen LogP contribution in [0.15, 0.2) is 91.5 Å². The molecule has 0 saturated heterocycles. The summed E-state index contributed by atoms with van der Waals surface area (Å²) < 4.78 is 0. The van der Waals surface area contributed by atoms with Crippen LogP contribution in [-0.4, -0.2) is 67.0 Å². The van der Waals surface area contributed by atoms with E-state index in [1.807, 2.05) is 24.3 Å². The molecule has 11 N–H and O–H groups in total. The number of amides is 3. The van der Waals surface area contributed by atoms with Crippen molar-refractivity contribution in [2.75, 3.05) is 5.32 Å². The zero-order valence-corrected chi connectivity index (χ0v) is 26.4. The number of aliphatic carboxylic acids is 1. The average molecular weight is 667 g/mol. The van der Waals surface area contributed by atoms with Gasteiger partial charge in [0, 0.05) is 47.5 Å². The van der Waals surface area contributed by atoms with Crippen molar-refractivity contribution in [2.45, 2.75) is 49.9 Å². The van der Waals surface area contributed by atoms with Gasteiger partial charge in [-0.15, -0.1) is 0 Å². The minimum absolute atomic E-state index is 0.0230. The fraction of sp³-hybridized carbons (Fsp3) is 0.229. The molecule has 49 heavy (non-hydrogen) atoms. The largest absolute Gasteiger partial charge is 0.508 e. The Hall–Kier alpha value is -5.99. The molecule has 14 nitrogen and oxygen atoms in total. The van der Waals surface area contributed by atoms with Gasteiger partial charge in [-0.3, -0.25) is 14.4 Å². The fourth-order valence-electron chi connectivity index (χ4n) is 5.43. The third-order valence-electron chi connectivity index (χ3n) is 8.08. The molecule has 3 aromatic carbocycles. The number of aromatic amines is 2. The van der Waals surface area contributed by atoms with Gasteiger partial charge in [0.15, 0.2) is 0 Å². The summed E-state index contributed by atoms with van der Waals surface area (Å²) in [5.74, 6) is -2.76. The fourth-order valence-corrected chi connectivity index (χ4v) is 5.43. The molecule has 254 valence electrons. The van der Waals surface area contributed by atoms with Crippen LogP contribution in [0.4, 0.5) is 5.69 Å². The molecule has 5 aromatic rings. The highest BCUT2D eigenvalue weighted by Gasteiger charge is 2.26. The van der Waals surface area contributed by atoms with Crippen LogP contribution >= 0.6 is 0 Å². The van der Waals surface area contributed by atoms with E-state index in [0.29, 0.717) is 22.5 Å². The third-order valence-corrected chi connectivity index (χ3v) is 8.08. The molecule has 0 saturated carbocycles. The Morgan fingerprint density at radius 1 is 0.816 bits per heavy atom. The monoisotopic (exact) mass is 666 g/mol. The second-order valence-corrected chi connectivity index (χ2v) is 11.8. The lowest BCUT2D eigenvalue weighted by molar-refractivity contribution is -0.142.